The van der Waals surface area contributed by atoms with Crippen molar-refractivity contribution < 1.29 is 4.79 Å². The summed E-state index contributed by atoms with van der Waals surface area (Å²) in [7, 11) is 0. The maximum atomic E-state index is 12.1. The van der Waals surface area contributed by atoms with Crippen LogP contribution in [0.5, 0.6) is 0 Å². The van der Waals surface area contributed by atoms with Crippen molar-refractivity contribution in [3.8, 4) is 0 Å². The first-order valence-corrected chi connectivity index (χ1v) is 6.85. The highest BCUT2D eigenvalue weighted by Crippen LogP contribution is 2.31. The summed E-state index contributed by atoms with van der Waals surface area (Å²) in [6.07, 6.45) is 3.09. The molecule has 0 aliphatic carbocycles. The fourth-order valence-electron chi connectivity index (χ4n) is 2.66. The topological polar surface area (TPSA) is 20.3 Å². The Bertz CT molecular complexity index is 270. The van der Waals surface area contributed by atoms with Gasteiger partial charge in [0.05, 0.1) is 0 Å². The van der Waals surface area contributed by atoms with E-state index in [1.54, 1.807) is 0 Å². The zero-order chi connectivity index (χ0) is 13.3. The standard InChI is InChI=1S/C15H29NO/c1-14(2,3)9-12-7-8-16(11-12)13(17)10-15(4,5)6/h12H,7-11H2,1-6H3/t12-/m0/s1. The maximum Gasteiger partial charge on any atom is 0.223 e. The second-order valence-corrected chi connectivity index (χ2v) is 8.00. The first-order valence-electron chi connectivity index (χ1n) is 6.85. The van der Waals surface area contributed by atoms with E-state index in [2.05, 4.69) is 46.4 Å². The van der Waals surface area contributed by atoms with Crippen molar-refractivity contribution in [1.82, 2.24) is 4.90 Å². The minimum atomic E-state index is 0.110. The van der Waals surface area contributed by atoms with Gasteiger partial charge in [0.2, 0.25) is 5.91 Å². The molecule has 1 heterocycles. The van der Waals surface area contributed by atoms with Crippen LogP contribution in [0.1, 0.15) is 60.8 Å². The molecular weight excluding hydrogens is 210 g/mol. The number of carbonyl (C=O) groups excluding carboxylic acids is 1. The van der Waals surface area contributed by atoms with E-state index in [4.69, 9.17) is 0 Å². The zero-order valence-electron chi connectivity index (χ0n) is 12.5. The molecule has 1 aliphatic rings. The molecule has 2 heteroatoms. The van der Waals surface area contributed by atoms with Crippen molar-refractivity contribution in [2.24, 2.45) is 16.7 Å². The highest BCUT2D eigenvalue weighted by molar-refractivity contribution is 5.77. The molecule has 1 fully saturated rings. The summed E-state index contributed by atoms with van der Waals surface area (Å²) in [6, 6.07) is 0. The SMILES string of the molecule is CC(C)(C)CC(=O)N1CC[C@@H](CC(C)(C)C)C1. The number of likely N-dealkylation sites (tertiary alicyclic amines) is 1. The van der Waals surface area contributed by atoms with E-state index >= 15 is 0 Å². The smallest absolute Gasteiger partial charge is 0.223 e. The average molecular weight is 239 g/mol. The quantitative estimate of drug-likeness (QED) is 0.719. The van der Waals surface area contributed by atoms with Crippen molar-refractivity contribution in [3.05, 3.63) is 0 Å². The number of hydrogen-bond donors (Lipinski definition) is 0. The van der Waals surface area contributed by atoms with Gasteiger partial charge in [-0.1, -0.05) is 41.5 Å². The van der Waals surface area contributed by atoms with Crippen molar-refractivity contribution >= 4 is 5.91 Å². The van der Waals surface area contributed by atoms with E-state index in [0.29, 0.717) is 23.7 Å². The van der Waals surface area contributed by atoms with Crippen LogP contribution in [0.3, 0.4) is 0 Å². The summed E-state index contributed by atoms with van der Waals surface area (Å²) < 4.78 is 0. The van der Waals surface area contributed by atoms with Crippen molar-refractivity contribution in [3.63, 3.8) is 0 Å². The van der Waals surface area contributed by atoms with E-state index in [9.17, 15) is 4.79 Å². The van der Waals surface area contributed by atoms with Gasteiger partial charge in [0.25, 0.3) is 0 Å². The molecule has 1 aliphatic heterocycles. The van der Waals surface area contributed by atoms with Crippen molar-refractivity contribution in [1.29, 1.82) is 0 Å². The second-order valence-electron chi connectivity index (χ2n) is 8.00. The molecule has 0 spiro atoms. The summed E-state index contributed by atoms with van der Waals surface area (Å²) in [5, 5.41) is 0. The molecule has 17 heavy (non-hydrogen) atoms. The van der Waals surface area contributed by atoms with Gasteiger partial charge < -0.3 is 4.90 Å². The molecular formula is C15H29NO. The maximum absolute atomic E-state index is 12.1. The Morgan fingerprint density at radius 3 is 2.18 bits per heavy atom. The van der Waals surface area contributed by atoms with Crippen LogP contribution in [0.4, 0.5) is 0 Å². The number of carbonyl (C=O) groups is 1. The lowest BCUT2D eigenvalue weighted by Gasteiger charge is -2.25. The van der Waals surface area contributed by atoms with Gasteiger partial charge in [0.1, 0.15) is 0 Å². The number of rotatable bonds is 2. The fourth-order valence-corrected chi connectivity index (χ4v) is 2.66. The van der Waals surface area contributed by atoms with Crippen molar-refractivity contribution in [2.75, 3.05) is 13.1 Å². The summed E-state index contributed by atoms with van der Waals surface area (Å²) in [5.74, 6) is 1.05. The lowest BCUT2D eigenvalue weighted by molar-refractivity contribution is -0.132. The van der Waals surface area contributed by atoms with E-state index in [1.807, 2.05) is 0 Å². The summed E-state index contributed by atoms with van der Waals surface area (Å²) in [5.41, 5.74) is 0.493. The molecule has 100 valence electrons. The average Bonchev–Trinajstić information content (AvgIpc) is 2.45. The fraction of sp³-hybridized carbons (Fsp3) is 0.933. The van der Waals surface area contributed by atoms with Crippen LogP contribution in [0, 0.1) is 16.7 Å². The van der Waals surface area contributed by atoms with Gasteiger partial charge in [-0.15, -0.1) is 0 Å². The van der Waals surface area contributed by atoms with E-state index in [1.165, 1.54) is 12.8 Å². The summed E-state index contributed by atoms with van der Waals surface area (Å²) in [4.78, 5) is 14.2. The molecule has 0 aromatic heterocycles. The highest BCUT2D eigenvalue weighted by Gasteiger charge is 2.30. The minimum absolute atomic E-state index is 0.110. The minimum Gasteiger partial charge on any atom is -0.342 e. The van der Waals surface area contributed by atoms with Crippen LogP contribution in [0.2, 0.25) is 0 Å². The Morgan fingerprint density at radius 2 is 1.71 bits per heavy atom. The van der Waals surface area contributed by atoms with Gasteiger partial charge in [0.15, 0.2) is 0 Å². The van der Waals surface area contributed by atoms with Gasteiger partial charge in [-0.05, 0) is 29.6 Å². The Hall–Kier alpha value is -0.530. The van der Waals surface area contributed by atoms with E-state index in [0.717, 1.165) is 13.1 Å². The third kappa shape index (κ3) is 5.56. The van der Waals surface area contributed by atoms with Crippen molar-refractivity contribution in [2.45, 2.75) is 60.8 Å². The first-order chi connectivity index (χ1) is 7.57. The van der Waals surface area contributed by atoms with Gasteiger partial charge in [-0.3, -0.25) is 4.79 Å². The molecule has 0 radical (unpaired) electrons. The number of amides is 1. The molecule has 0 saturated carbocycles. The molecule has 2 nitrogen and oxygen atoms in total. The molecule has 0 bridgehead atoms. The highest BCUT2D eigenvalue weighted by atomic mass is 16.2. The van der Waals surface area contributed by atoms with E-state index in [-0.39, 0.29) is 5.41 Å². The Labute approximate surface area is 107 Å². The Morgan fingerprint density at radius 1 is 1.12 bits per heavy atom. The molecule has 1 amide bonds. The van der Waals surface area contributed by atoms with Gasteiger partial charge >= 0.3 is 0 Å². The molecule has 1 saturated heterocycles. The van der Waals surface area contributed by atoms with Crippen LogP contribution in [-0.2, 0) is 4.79 Å². The van der Waals surface area contributed by atoms with Gasteiger partial charge in [-0.25, -0.2) is 0 Å². The van der Waals surface area contributed by atoms with Gasteiger partial charge in [0, 0.05) is 19.5 Å². The normalized spacial score (nSPS) is 22.0. The van der Waals surface area contributed by atoms with Gasteiger partial charge in [-0.2, -0.15) is 0 Å². The largest absolute Gasteiger partial charge is 0.342 e. The zero-order valence-corrected chi connectivity index (χ0v) is 12.5. The summed E-state index contributed by atoms with van der Waals surface area (Å²) >= 11 is 0. The van der Waals surface area contributed by atoms with E-state index < -0.39 is 0 Å². The van der Waals surface area contributed by atoms with Crippen LogP contribution in [0.25, 0.3) is 0 Å². The number of nitrogens with zero attached hydrogens (tertiary/aromatic N) is 1. The molecule has 0 aromatic carbocycles. The monoisotopic (exact) mass is 239 g/mol. The van der Waals surface area contributed by atoms with Crippen LogP contribution in [0.15, 0.2) is 0 Å². The second kappa shape index (κ2) is 4.99. The third-order valence-electron chi connectivity index (χ3n) is 3.22. The molecule has 1 rings (SSSR count). The molecule has 0 N–H and O–H groups in total. The lowest BCUT2D eigenvalue weighted by Crippen LogP contribution is -2.32. The lowest BCUT2D eigenvalue weighted by atomic mass is 9.84. The van der Waals surface area contributed by atoms with Crippen LogP contribution < -0.4 is 0 Å². The predicted molar refractivity (Wildman–Crippen MR) is 72.8 cm³/mol. The number of hydrogen-bond acceptors (Lipinski definition) is 1. The Kier molecular flexibility index (Phi) is 4.27. The summed E-state index contributed by atoms with van der Waals surface area (Å²) in [6.45, 7) is 15.2. The third-order valence-corrected chi connectivity index (χ3v) is 3.22. The predicted octanol–water partition coefficient (Wildman–Crippen LogP) is 3.71. The molecule has 0 aromatic rings. The molecule has 1 atom stereocenters. The van der Waals surface area contributed by atoms with Crippen LogP contribution in [-0.4, -0.2) is 23.9 Å². The van der Waals surface area contributed by atoms with Crippen LogP contribution >= 0.6 is 0 Å². The molecule has 0 unspecified atom stereocenters. The Balaban J connectivity index is 2.43. The first kappa shape index (κ1) is 14.5.